The molecule has 2 aliphatic rings. The van der Waals surface area contributed by atoms with Gasteiger partial charge >= 0.3 is 0 Å². The van der Waals surface area contributed by atoms with E-state index in [2.05, 4.69) is 42.6 Å². The summed E-state index contributed by atoms with van der Waals surface area (Å²) < 4.78 is 0. The van der Waals surface area contributed by atoms with Crippen LogP contribution in [0, 0.1) is 5.41 Å². The molecule has 1 N–H and O–H groups in total. The Labute approximate surface area is 132 Å². The van der Waals surface area contributed by atoms with Gasteiger partial charge in [0.2, 0.25) is 0 Å². The van der Waals surface area contributed by atoms with Gasteiger partial charge in [-0.1, -0.05) is 68.3 Å². The van der Waals surface area contributed by atoms with Crippen molar-refractivity contribution >= 4 is 16.9 Å². The molecule has 1 aromatic rings. The maximum Gasteiger partial charge on any atom is 0.156 e. The summed E-state index contributed by atoms with van der Waals surface area (Å²) in [5, 5.41) is 4.78. The highest BCUT2D eigenvalue weighted by Gasteiger charge is 2.27. The molecule has 1 aliphatic heterocycles. The average molecular weight is 302 g/mol. The number of hydrogen-bond acceptors (Lipinski definition) is 2. The van der Waals surface area contributed by atoms with Crippen molar-refractivity contribution in [3.05, 3.63) is 35.9 Å². The summed E-state index contributed by atoms with van der Waals surface area (Å²) in [4.78, 5) is 4.88. The lowest BCUT2D eigenvalue weighted by Crippen LogP contribution is -2.30. The zero-order valence-electron chi connectivity index (χ0n) is 13.0. The van der Waals surface area contributed by atoms with Crippen LogP contribution in [-0.2, 0) is 6.42 Å². The Hall–Kier alpha value is -0.960. The first-order chi connectivity index (χ1) is 10.2. The smallest absolute Gasteiger partial charge is 0.156 e. The fourth-order valence-corrected chi connectivity index (χ4v) is 4.33. The van der Waals surface area contributed by atoms with Crippen LogP contribution >= 0.6 is 11.8 Å². The minimum atomic E-state index is 0.449. The number of rotatable bonds is 4. The zero-order valence-corrected chi connectivity index (χ0v) is 13.8. The molecule has 0 aromatic heterocycles. The number of amidine groups is 1. The molecule has 1 heterocycles. The maximum absolute atomic E-state index is 4.88. The molecule has 3 rings (SSSR count). The van der Waals surface area contributed by atoms with Gasteiger partial charge in [0.05, 0.1) is 0 Å². The van der Waals surface area contributed by atoms with E-state index in [1.807, 2.05) is 11.8 Å². The quantitative estimate of drug-likeness (QED) is 0.898. The minimum absolute atomic E-state index is 0.449. The van der Waals surface area contributed by atoms with Crippen molar-refractivity contribution in [2.24, 2.45) is 10.4 Å². The topological polar surface area (TPSA) is 24.4 Å². The molecule has 1 aromatic carbocycles. The van der Waals surface area contributed by atoms with E-state index >= 15 is 0 Å². The predicted octanol–water partition coefficient (Wildman–Crippen LogP) is 4.26. The highest BCUT2D eigenvalue weighted by atomic mass is 32.2. The molecule has 1 aliphatic carbocycles. The summed E-state index contributed by atoms with van der Waals surface area (Å²) in [5.74, 6) is 1.14. The van der Waals surface area contributed by atoms with Gasteiger partial charge in [-0.25, -0.2) is 0 Å². The summed E-state index contributed by atoms with van der Waals surface area (Å²) in [6.07, 6.45) is 7.99. The van der Waals surface area contributed by atoms with Crippen molar-refractivity contribution in [1.82, 2.24) is 5.32 Å². The Kier molecular flexibility index (Phi) is 4.89. The monoisotopic (exact) mass is 302 g/mol. The van der Waals surface area contributed by atoms with E-state index in [0.29, 0.717) is 11.5 Å². The van der Waals surface area contributed by atoms with Gasteiger partial charge in [-0.3, -0.25) is 4.99 Å². The van der Waals surface area contributed by atoms with E-state index in [1.165, 1.54) is 42.8 Å². The second-order valence-corrected chi connectivity index (χ2v) is 7.84. The van der Waals surface area contributed by atoms with Crippen molar-refractivity contribution in [3.63, 3.8) is 0 Å². The van der Waals surface area contributed by atoms with Crippen molar-refractivity contribution in [2.45, 2.75) is 51.5 Å². The SMILES string of the molecule is CC1(CN=C2NC(Cc3ccccc3)CS2)CCCCC1. The number of thioether (sulfide) groups is 1. The number of hydrogen-bond donors (Lipinski definition) is 1. The Bertz CT molecular complexity index is 477. The largest absolute Gasteiger partial charge is 0.361 e. The molecule has 0 amide bonds. The third kappa shape index (κ3) is 4.26. The lowest BCUT2D eigenvalue weighted by molar-refractivity contribution is 0.227. The van der Waals surface area contributed by atoms with Crippen LogP contribution < -0.4 is 5.32 Å². The van der Waals surface area contributed by atoms with E-state index in [9.17, 15) is 0 Å². The molecule has 2 nitrogen and oxygen atoms in total. The van der Waals surface area contributed by atoms with Gasteiger partial charge in [-0.05, 0) is 30.2 Å². The van der Waals surface area contributed by atoms with Crippen LogP contribution in [0.25, 0.3) is 0 Å². The number of aliphatic imine (C=N–C) groups is 1. The van der Waals surface area contributed by atoms with Crippen LogP contribution in [-0.4, -0.2) is 23.5 Å². The zero-order chi connectivity index (χ0) is 14.5. The average Bonchev–Trinajstić information content (AvgIpc) is 2.95. The third-order valence-electron chi connectivity index (χ3n) is 4.74. The van der Waals surface area contributed by atoms with E-state index < -0.39 is 0 Å². The molecule has 1 atom stereocenters. The molecule has 2 fully saturated rings. The lowest BCUT2D eigenvalue weighted by Gasteiger charge is -2.31. The van der Waals surface area contributed by atoms with Crippen molar-refractivity contribution in [3.8, 4) is 0 Å². The maximum atomic E-state index is 4.88. The van der Waals surface area contributed by atoms with Gasteiger partial charge in [-0.15, -0.1) is 0 Å². The summed E-state index contributed by atoms with van der Waals surface area (Å²) in [6.45, 7) is 3.41. The fourth-order valence-electron chi connectivity index (χ4n) is 3.36. The van der Waals surface area contributed by atoms with Crippen LogP contribution in [0.15, 0.2) is 35.3 Å². The Morgan fingerprint density at radius 3 is 2.71 bits per heavy atom. The molecule has 0 bridgehead atoms. The highest BCUT2D eigenvalue weighted by molar-refractivity contribution is 8.14. The molecule has 114 valence electrons. The van der Waals surface area contributed by atoms with E-state index in [4.69, 9.17) is 4.99 Å². The second-order valence-electron chi connectivity index (χ2n) is 6.83. The third-order valence-corrected chi connectivity index (χ3v) is 5.83. The predicted molar refractivity (Wildman–Crippen MR) is 93.0 cm³/mol. The minimum Gasteiger partial charge on any atom is -0.361 e. The van der Waals surface area contributed by atoms with Crippen molar-refractivity contribution in [1.29, 1.82) is 0 Å². The number of benzene rings is 1. The van der Waals surface area contributed by atoms with Gasteiger partial charge in [0.15, 0.2) is 5.17 Å². The normalized spacial score (nSPS) is 26.7. The first-order valence-electron chi connectivity index (χ1n) is 8.21. The standard InChI is InChI=1S/C18H26N2S/c1-18(10-6-3-7-11-18)14-19-17-20-16(13-21-17)12-15-8-4-2-5-9-15/h2,4-5,8-9,16H,3,6-7,10-14H2,1H3,(H,19,20). The number of nitrogens with zero attached hydrogens (tertiary/aromatic N) is 1. The Morgan fingerprint density at radius 1 is 1.19 bits per heavy atom. The van der Waals surface area contributed by atoms with E-state index in [1.54, 1.807) is 0 Å². The van der Waals surface area contributed by atoms with Gasteiger partial charge in [-0.2, -0.15) is 0 Å². The second kappa shape index (κ2) is 6.87. The van der Waals surface area contributed by atoms with E-state index in [0.717, 1.165) is 18.7 Å². The van der Waals surface area contributed by atoms with Crippen molar-refractivity contribution in [2.75, 3.05) is 12.3 Å². The molecule has 1 unspecified atom stereocenters. The summed E-state index contributed by atoms with van der Waals surface area (Å²) in [5.41, 5.74) is 1.86. The summed E-state index contributed by atoms with van der Waals surface area (Å²) in [6, 6.07) is 11.3. The van der Waals surface area contributed by atoms with Crippen molar-refractivity contribution < 1.29 is 0 Å². The van der Waals surface area contributed by atoms with Gasteiger partial charge in [0, 0.05) is 18.3 Å². The van der Waals surface area contributed by atoms with Crippen LogP contribution in [0.1, 0.15) is 44.6 Å². The first-order valence-corrected chi connectivity index (χ1v) is 9.20. The summed E-state index contributed by atoms with van der Waals surface area (Å²) in [7, 11) is 0. The molecular formula is C18H26N2S. The number of nitrogens with one attached hydrogen (secondary N) is 1. The Balaban J connectivity index is 1.51. The lowest BCUT2D eigenvalue weighted by atomic mass is 9.76. The fraction of sp³-hybridized carbons (Fsp3) is 0.611. The van der Waals surface area contributed by atoms with E-state index in [-0.39, 0.29) is 0 Å². The molecule has 3 heteroatoms. The molecule has 0 radical (unpaired) electrons. The molecule has 1 saturated heterocycles. The highest BCUT2D eigenvalue weighted by Crippen LogP contribution is 2.36. The van der Waals surface area contributed by atoms with Gasteiger partial charge in [0.25, 0.3) is 0 Å². The molecule has 0 spiro atoms. The summed E-state index contributed by atoms with van der Waals surface area (Å²) >= 11 is 1.90. The van der Waals surface area contributed by atoms with Crippen LogP contribution in [0.5, 0.6) is 0 Å². The van der Waals surface area contributed by atoms with Crippen LogP contribution in [0.3, 0.4) is 0 Å². The molecular weight excluding hydrogens is 276 g/mol. The van der Waals surface area contributed by atoms with Crippen LogP contribution in [0.2, 0.25) is 0 Å². The molecule has 21 heavy (non-hydrogen) atoms. The van der Waals surface area contributed by atoms with Gasteiger partial charge < -0.3 is 5.32 Å². The van der Waals surface area contributed by atoms with Gasteiger partial charge in [0.1, 0.15) is 0 Å². The first kappa shape index (κ1) is 15.0. The molecule has 1 saturated carbocycles. The van der Waals surface area contributed by atoms with Crippen LogP contribution in [0.4, 0.5) is 0 Å². The Morgan fingerprint density at radius 2 is 1.95 bits per heavy atom.